The van der Waals surface area contributed by atoms with Crippen molar-refractivity contribution in [3.8, 4) is 5.75 Å². The third kappa shape index (κ3) is 3.64. The minimum atomic E-state index is 0.717. The Kier molecular flexibility index (Phi) is 4.72. The zero-order valence-corrected chi connectivity index (χ0v) is 13.2. The highest BCUT2D eigenvalue weighted by Gasteiger charge is 2.04. The maximum Gasteiger partial charge on any atom is 0.142 e. The van der Waals surface area contributed by atoms with Crippen LogP contribution < -0.4 is 10.1 Å². The van der Waals surface area contributed by atoms with Crippen molar-refractivity contribution in [2.45, 2.75) is 13.5 Å². The van der Waals surface area contributed by atoms with Crippen molar-refractivity contribution in [3.63, 3.8) is 0 Å². The summed E-state index contributed by atoms with van der Waals surface area (Å²) in [5.74, 6) is 0.855. The highest BCUT2D eigenvalue weighted by Crippen LogP contribution is 2.27. The summed E-state index contributed by atoms with van der Waals surface area (Å²) in [7, 11) is 1.68. The van der Waals surface area contributed by atoms with Crippen LogP contribution in [-0.2, 0) is 6.54 Å². The fourth-order valence-corrected chi connectivity index (χ4v) is 2.34. The molecule has 0 saturated heterocycles. The van der Waals surface area contributed by atoms with Gasteiger partial charge in [-0.15, -0.1) is 0 Å². The Bertz CT molecular complexity index is 586. The number of hydrogen-bond acceptors (Lipinski definition) is 2. The van der Waals surface area contributed by atoms with E-state index < -0.39 is 0 Å². The lowest BCUT2D eigenvalue weighted by molar-refractivity contribution is 0.416. The SMILES string of the molecule is COc1cc(C)ccc1NCc1ccc(Cl)c(Br)c1. The van der Waals surface area contributed by atoms with E-state index in [4.69, 9.17) is 16.3 Å². The zero-order chi connectivity index (χ0) is 13.8. The molecule has 0 aliphatic heterocycles. The monoisotopic (exact) mass is 339 g/mol. The highest BCUT2D eigenvalue weighted by atomic mass is 79.9. The van der Waals surface area contributed by atoms with Crippen molar-refractivity contribution >= 4 is 33.2 Å². The summed E-state index contributed by atoms with van der Waals surface area (Å²) in [6.45, 7) is 2.76. The predicted molar refractivity (Wildman–Crippen MR) is 84.2 cm³/mol. The van der Waals surface area contributed by atoms with Crippen molar-refractivity contribution in [1.29, 1.82) is 0 Å². The Morgan fingerprint density at radius 3 is 2.68 bits per heavy atom. The number of methoxy groups -OCH3 is 1. The first kappa shape index (κ1) is 14.2. The molecule has 2 nitrogen and oxygen atoms in total. The second-order valence-corrected chi connectivity index (χ2v) is 5.57. The van der Waals surface area contributed by atoms with Crippen LogP contribution in [0.5, 0.6) is 5.75 Å². The molecule has 0 aliphatic carbocycles. The van der Waals surface area contributed by atoms with Gasteiger partial charge < -0.3 is 10.1 Å². The Morgan fingerprint density at radius 1 is 1.21 bits per heavy atom. The van der Waals surface area contributed by atoms with Crippen LogP contribution in [0.2, 0.25) is 5.02 Å². The van der Waals surface area contributed by atoms with E-state index in [9.17, 15) is 0 Å². The largest absolute Gasteiger partial charge is 0.495 e. The molecule has 2 aromatic carbocycles. The smallest absolute Gasteiger partial charge is 0.142 e. The predicted octanol–water partition coefficient (Wildman–Crippen LogP) is 5.03. The molecule has 0 fully saturated rings. The summed E-state index contributed by atoms with van der Waals surface area (Å²) >= 11 is 9.40. The normalized spacial score (nSPS) is 10.3. The summed E-state index contributed by atoms with van der Waals surface area (Å²) in [6, 6.07) is 12.0. The Labute approximate surface area is 126 Å². The fraction of sp³-hybridized carbons (Fsp3) is 0.200. The van der Waals surface area contributed by atoms with E-state index in [-0.39, 0.29) is 0 Å². The van der Waals surface area contributed by atoms with Gasteiger partial charge in [-0.05, 0) is 58.2 Å². The molecule has 0 amide bonds. The average Bonchev–Trinajstić information content (AvgIpc) is 2.41. The Balaban J connectivity index is 2.12. The summed E-state index contributed by atoms with van der Waals surface area (Å²) < 4.78 is 6.27. The third-order valence-electron chi connectivity index (χ3n) is 2.82. The van der Waals surface area contributed by atoms with Crippen molar-refractivity contribution < 1.29 is 4.74 Å². The van der Waals surface area contributed by atoms with Crippen molar-refractivity contribution in [3.05, 3.63) is 57.0 Å². The van der Waals surface area contributed by atoms with Gasteiger partial charge in [-0.25, -0.2) is 0 Å². The molecule has 100 valence electrons. The van der Waals surface area contributed by atoms with Gasteiger partial charge in [-0.3, -0.25) is 0 Å². The van der Waals surface area contributed by atoms with Gasteiger partial charge in [0.1, 0.15) is 5.75 Å². The molecular weight excluding hydrogens is 326 g/mol. The molecule has 0 unspecified atom stereocenters. The molecule has 0 heterocycles. The van der Waals surface area contributed by atoms with Gasteiger partial charge in [0.2, 0.25) is 0 Å². The quantitative estimate of drug-likeness (QED) is 0.842. The third-order valence-corrected chi connectivity index (χ3v) is 4.04. The fourth-order valence-electron chi connectivity index (χ4n) is 1.79. The second-order valence-electron chi connectivity index (χ2n) is 4.31. The topological polar surface area (TPSA) is 21.3 Å². The number of hydrogen-bond donors (Lipinski definition) is 1. The molecule has 0 atom stereocenters. The molecule has 4 heteroatoms. The summed E-state index contributed by atoms with van der Waals surface area (Å²) in [4.78, 5) is 0. The molecular formula is C15H15BrClNO. The summed E-state index contributed by atoms with van der Waals surface area (Å²) in [5, 5.41) is 4.08. The number of benzene rings is 2. The van der Waals surface area contributed by atoms with Crippen molar-refractivity contribution in [2.24, 2.45) is 0 Å². The van der Waals surface area contributed by atoms with Gasteiger partial charge in [0.05, 0.1) is 17.8 Å². The van der Waals surface area contributed by atoms with Crippen LogP contribution in [0.3, 0.4) is 0 Å². The lowest BCUT2D eigenvalue weighted by atomic mass is 10.2. The number of rotatable bonds is 4. The molecule has 19 heavy (non-hydrogen) atoms. The lowest BCUT2D eigenvalue weighted by Crippen LogP contribution is -2.01. The van der Waals surface area contributed by atoms with Gasteiger partial charge in [-0.1, -0.05) is 23.7 Å². The molecule has 1 N–H and O–H groups in total. The van der Waals surface area contributed by atoms with Crippen LogP contribution in [0, 0.1) is 6.92 Å². The molecule has 0 bridgehead atoms. The number of halogens is 2. The summed E-state index contributed by atoms with van der Waals surface area (Å²) in [6.07, 6.45) is 0. The van der Waals surface area contributed by atoms with Crippen LogP contribution in [0.15, 0.2) is 40.9 Å². The maximum absolute atomic E-state index is 5.98. The van der Waals surface area contributed by atoms with Gasteiger partial charge in [-0.2, -0.15) is 0 Å². The minimum absolute atomic E-state index is 0.717. The van der Waals surface area contributed by atoms with E-state index in [1.165, 1.54) is 5.56 Å². The first-order valence-corrected chi connectivity index (χ1v) is 7.09. The number of anilines is 1. The lowest BCUT2D eigenvalue weighted by Gasteiger charge is -2.12. The van der Waals surface area contributed by atoms with Gasteiger partial charge >= 0.3 is 0 Å². The summed E-state index contributed by atoms with van der Waals surface area (Å²) in [5.41, 5.74) is 3.31. The molecule has 0 radical (unpaired) electrons. The van der Waals surface area contributed by atoms with Gasteiger partial charge in [0.25, 0.3) is 0 Å². The van der Waals surface area contributed by atoms with Crippen LogP contribution in [0.4, 0.5) is 5.69 Å². The first-order valence-electron chi connectivity index (χ1n) is 5.92. The molecule has 2 rings (SSSR count). The molecule has 0 spiro atoms. The van der Waals surface area contributed by atoms with E-state index in [0.717, 1.165) is 33.0 Å². The van der Waals surface area contributed by atoms with E-state index in [1.54, 1.807) is 7.11 Å². The van der Waals surface area contributed by atoms with Gasteiger partial charge in [0.15, 0.2) is 0 Å². The standard InChI is InChI=1S/C15H15BrClNO/c1-10-3-6-14(15(7-10)19-2)18-9-11-4-5-13(17)12(16)8-11/h3-8,18H,9H2,1-2H3. The maximum atomic E-state index is 5.98. The van der Waals surface area contributed by atoms with Crippen LogP contribution >= 0.6 is 27.5 Å². The van der Waals surface area contributed by atoms with E-state index in [0.29, 0.717) is 0 Å². The van der Waals surface area contributed by atoms with E-state index in [2.05, 4.69) is 27.3 Å². The Hall–Kier alpha value is -1.19. The number of aryl methyl sites for hydroxylation is 1. The van der Waals surface area contributed by atoms with Crippen LogP contribution in [0.25, 0.3) is 0 Å². The minimum Gasteiger partial charge on any atom is -0.495 e. The first-order chi connectivity index (χ1) is 9.10. The van der Waals surface area contributed by atoms with Crippen LogP contribution in [0.1, 0.15) is 11.1 Å². The average molecular weight is 341 g/mol. The zero-order valence-electron chi connectivity index (χ0n) is 10.8. The van der Waals surface area contributed by atoms with E-state index >= 15 is 0 Å². The molecule has 0 aromatic heterocycles. The highest BCUT2D eigenvalue weighted by molar-refractivity contribution is 9.10. The van der Waals surface area contributed by atoms with E-state index in [1.807, 2.05) is 37.3 Å². The van der Waals surface area contributed by atoms with Crippen LogP contribution in [-0.4, -0.2) is 7.11 Å². The number of ether oxygens (including phenoxy) is 1. The molecule has 2 aromatic rings. The van der Waals surface area contributed by atoms with Crippen molar-refractivity contribution in [1.82, 2.24) is 0 Å². The second kappa shape index (κ2) is 6.31. The molecule has 0 aliphatic rings. The van der Waals surface area contributed by atoms with Gasteiger partial charge in [0, 0.05) is 11.0 Å². The molecule has 0 saturated carbocycles. The van der Waals surface area contributed by atoms with Crippen molar-refractivity contribution in [2.75, 3.05) is 12.4 Å². The number of nitrogens with one attached hydrogen (secondary N) is 1. The Morgan fingerprint density at radius 2 is 2.00 bits per heavy atom.